The Morgan fingerprint density at radius 3 is 1.81 bits per heavy atom. The number of carbonyl (C=O) groups is 1. The Morgan fingerprint density at radius 1 is 0.762 bits per heavy atom. The molecule has 5 heteroatoms. The van der Waals surface area contributed by atoms with E-state index in [4.69, 9.17) is 4.98 Å². The fourth-order valence-electron chi connectivity index (χ4n) is 5.83. The molecule has 5 aromatic carbocycles. The summed E-state index contributed by atoms with van der Waals surface area (Å²) in [6.07, 6.45) is 5.22. The maximum absolute atomic E-state index is 12.1. The Hall–Kier alpha value is -5.26. The smallest absolute Gasteiger partial charge is 0.251 e. The van der Waals surface area contributed by atoms with Gasteiger partial charge in [0.25, 0.3) is 5.91 Å². The van der Waals surface area contributed by atoms with Crippen LogP contribution in [0.3, 0.4) is 0 Å². The molecule has 1 amide bonds. The second-order valence-electron chi connectivity index (χ2n) is 10.3. The number of hydrogen-bond acceptors (Lipinski definition) is 3. The Morgan fingerprint density at radius 2 is 1.29 bits per heavy atom. The van der Waals surface area contributed by atoms with Crippen LogP contribution in [0.15, 0.2) is 153 Å². The molecule has 5 nitrogen and oxygen atoms in total. The van der Waals surface area contributed by atoms with E-state index in [2.05, 4.69) is 52.9 Å². The number of imidazole rings is 1. The topological polar surface area (TPSA) is 67.2 Å². The molecule has 2 N–H and O–H groups in total. The zero-order valence-electron chi connectivity index (χ0n) is 23.3. The van der Waals surface area contributed by atoms with E-state index >= 15 is 0 Å². The zero-order chi connectivity index (χ0) is 29.2. The number of fused-ring (bicyclic) bond motifs is 1. The van der Waals surface area contributed by atoms with Crippen LogP contribution < -0.4 is 5.32 Å². The van der Waals surface area contributed by atoms with Gasteiger partial charge in [-0.2, -0.15) is 0 Å². The van der Waals surface area contributed by atoms with E-state index < -0.39 is 11.1 Å². The molecule has 1 atom stereocenters. The second-order valence-corrected chi connectivity index (χ2v) is 10.3. The number of aliphatic hydroxyl groups is 1. The third-order valence-corrected chi connectivity index (χ3v) is 8.00. The minimum atomic E-state index is -1.56. The monoisotopic (exact) mass is 549 g/mol. The minimum Gasteiger partial charge on any atom is -0.375 e. The minimum absolute atomic E-state index is 0.146. The van der Waals surface area contributed by atoms with Gasteiger partial charge >= 0.3 is 0 Å². The van der Waals surface area contributed by atoms with Crippen molar-refractivity contribution in [2.45, 2.75) is 11.1 Å². The van der Waals surface area contributed by atoms with Crippen LogP contribution in [-0.4, -0.2) is 27.6 Å². The molecule has 6 rings (SSSR count). The molecule has 1 unspecified atom stereocenters. The summed E-state index contributed by atoms with van der Waals surface area (Å²) < 4.78 is 2.08. The van der Waals surface area contributed by atoms with Gasteiger partial charge in [-0.1, -0.05) is 116 Å². The first-order valence-electron chi connectivity index (χ1n) is 13.8. The predicted octanol–water partition coefficient (Wildman–Crippen LogP) is 6.66. The van der Waals surface area contributed by atoms with Gasteiger partial charge in [-0.15, -0.1) is 0 Å². The van der Waals surface area contributed by atoms with Crippen LogP contribution in [0.1, 0.15) is 38.3 Å². The molecule has 0 bridgehead atoms. The first-order valence-corrected chi connectivity index (χ1v) is 13.8. The molecule has 0 radical (unpaired) electrons. The lowest BCUT2D eigenvalue weighted by Crippen LogP contribution is -2.37. The number of amides is 1. The van der Waals surface area contributed by atoms with Gasteiger partial charge in [0.05, 0.1) is 12.0 Å². The van der Waals surface area contributed by atoms with Gasteiger partial charge in [0.15, 0.2) is 5.60 Å². The first kappa shape index (κ1) is 26.9. The van der Waals surface area contributed by atoms with Crippen LogP contribution in [0.25, 0.3) is 10.8 Å². The molecular weight excluding hydrogens is 518 g/mol. The molecule has 0 saturated heterocycles. The molecule has 1 heterocycles. The van der Waals surface area contributed by atoms with Crippen LogP contribution >= 0.6 is 0 Å². The molecule has 6 aromatic rings. The number of carbonyl (C=O) groups excluding carboxylic acids is 1. The second kappa shape index (κ2) is 11.0. The fourth-order valence-corrected chi connectivity index (χ4v) is 5.83. The Labute approximate surface area is 245 Å². The van der Waals surface area contributed by atoms with Crippen molar-refractivity contribution in [3.05, 3.63) is 186 Å². The van der Waals surface area contributed by atoms with E-state index in [9.17, 15) is 9.90 Å². The van der Waals surface area contributed by atoms with Crippen molar-refractivity contribution in [3.63, 3.8) is 0 Å². The quantitative estimate of drug-likeness (QED) is 0.165. The van der Waals surface area contributed by atoms with Crippen LogP contribution in [0.2, 0.25) is 0 Å². The molecule has 0 fully saturated rings. The van der Waals surface area contributed by atoms with E-state index in [1.807, 2.05) is 91.1 Å². The summed E-state index contributed by atoms with van der Waals surface area (Å²) in [6.45, 7) is 4.01. The lowest BCUT2D eigenvalue weighted by molar-refractivity contribution is 0.0963. The Bertz CT molecular complexity index is 1770. The third-order valence-electron chi connectivity index (χ3n) is 8.00. The van der Waals surface area contributed by atoms with Crippen molar-refractivity contribution in [1.82, 2.24) is 14.9 Å². The number of aromatic nitrogens is 2. The summed E-state index contributed by atoms with van der Waals surface area (Å²) in [5.41, 5.74) is 2.53. The molecule has 206 valence electrons. The van der Waals surface area contributed by atoms with Gasteiger partial charge in [0.2, 0.25) is 0 Å². The van der Waals surface area contributed by atoms with Gasteiger partial charge in [-0.3, -0.25) is 4.79 Å². The zero-order valence-corrected chi connectivity index (χ0v) is 23.3. The average molecular weight is 550 g/mol. The number of benzene rings is 5. The highest BCUT2D eigenvalue weighted by Crippen LogP contribution is 2.42. The van der Waals surface area contributed by atoms with Gasteiger partial charge in [-0.05, 0) is 57.3 Å². The predicted molar refractivity (Wildman–Crippen MR) is 167 cm³/mol. The molecule has 0 saturated carbocycles. The van der Waals surface area contributed by atoms with Gasteiger partial charge in [0, 0.05) is 18.8 Å². The number of rotatable bonds is 8. The van der Waals surface area contributed by atoms with Crippen molar-refractivity contribution >= 4 is 16.7 Å². The SMILES string of the molecule is C=CC(O)(c1ccc2cc(C(=O)NC)ccc2c1)c1cn(C(c2ccccc2)(c2ccccc2)c2ccccc2)cn1. The van der Waals surface area contributed by atoms with Crippen molar-refractivity contribution in [2.24, 2.45) is 0 Å². The van der Waals surface area contributed by atoms with E-state index in [0.29, 0.717) is 16.8 Å². The van der Waals surface area contributed by atoms with Crippen molar-refractivity contribution < 1.29 is 9.90 Å². The van der Waals surface area contributed by atoms with Gasteiger partial charge in [-0.25, -0.2) is 4.98 Å². The third kappa shape index (κ3) is 4.41. The Kier molecular flexibility index (Phi) is 7.03. The van der Waals surface area contributed by atoms with Gasteiger partial charge < -0.3 is 15.0 Å². The van der Waals surface area contributed by atoms with Crippen LogP contribution in [-0.2, 0) is 11.1 Å². The number of nitrogens with one attached hydrogen (secondary N) is 1. The van der Waals surface area contributed by atoms with E-state index in [-0.39, 0.29) is 5.91 Å². The molecule has 42 heavy (non-hydrogen) atoms. The molecular formula is C37H31N3O2. The molecule has 0 spiro atoms. The highest BCUT2D eigenvalue weighted by molar-refractivity contribution is 5.98. The molecule has 1 aromatic heterocycles. The maximum atomic E-state index is 12.1. The van der Waals surface area contributed by atoms with E-state index in [0.717, 1.165) is 27.5 Å². The van der Waals surface area contributed by atoms with Crippen molar-refractivity contribution in [3.8, 4) is 0 Å². The van der Waals surface area contributed by atoms with Crippen molar-refractivity contribution in [2.75, 3.05) is 7.05 Å². The normalized spacial score (nSPS) is 12.9. The van der Waals surface area contributed by atoms with E-state index in [1.165, 1.54) is 6.08 Å². The fraction of sp³-hybridized carbons (Fsp3) is 0.0811. The summed E-state index contributed by atoms with van der Waals surface area (Å²) in [5, 5.41) is 16.6. The molecule has 0 aliphatic rings. The average Bonchev–Trinajstić information content (AvgIpc) is 3.56. The molecule has 0 aliphatic carbocycles. The lowest BCUT2D eigenvalue weighted by atomic mass is 9.76. The van der Waals surface area contributed by atoms with Gasteiger partial charge in [0.1, 0.15) is 5.54 Å². The largest absolute Gasteiger partial charge is 0.375 e. The van der Waals surface area contributed by atoms with E-state index in [1.54, 1.807) is 19.4 Å². The lowest BCUT2D eigenvalue weighted by Gasteiger charge is -2.37. The Balaban J connectivity index is 1.53. The summed E-state index contributed by atoms with van der Waals surface area (Å²) in [5.74, 6) is -0.146. The number of nitrogens with zero attached hydrogens (tertiary/aromatic N) is 2. The summed E-state index contributed by atoms with van der Waals surface area (Å²) in [7, 11) is 1.61. The van der Waals surface area contributed by atoms with Crippen LogP contribution in [0.5, 0.6) is 0 Å². The summed E-state index contributed by atoms with van der Waals surface area (Å²) in [4.78, 5) is 16.9. The maximum Gasteiger partial charge on any atom is 0.251 e. The van der Waals surface area contributed by atoms with Crippen LogP contribution in [0, 0.1) is 0 Å². The highest BCUT2D eigenvalue weighted by Gasteiger charge is 2.40. The first-order chi connectivity index (χ1) is 20.5. The summed E-state index contributed by atoms with van der Waals surface area (Å²) >= 11 is 0. The van der Waals surface area contributed by atoms with Crippen LogP contribution in [0.4, 0.5) is 0 Å². The number of hydrogen-bond donors (Lipinski definition) is 2. The highest BCUT2D eigenvalue weighted by atomic mass is 16.3. The van der Waals surface area contributed by atoms with Crippen molar-refractivity contribution in [1.29, 1.82) is 0 Å². The standard InChI is InChI=1S/C37H31N3O2/c1-3-36(42,33-22-21-27-23-29(35(41)38-2)20-19-28(27)24-33)34-25-40(26-39-34)37(30-13-7-4-8-14-30,31-15-9-5-10-16-31)32-17-11-6-12-18-32/h3-26,42H,1H2,2H3,(H,38,41). The molecule has 0 aliphatic heterocycles. The summed E-state index contributed by atoms with van der Waals surface area (Å²) in [6, 6.07) is 42.2.